The van der Waals surface area contributed by atoms with Crippen molar-refractivity contribution in [1.82, 2.24) is 5.32 Å². The number of benzene rings is 1. The molecule has 1 aliphatic heterocycles. The van der Waals surface area contributed by atoms with E-state index in [1.165, 1.54) is 6.07 Å². The first-order valence-electron chi connectivity index (χ1n) is 6.85. The molecular weight excluding hydrogens is 261 g/mol. The van der Waals surface area contributed by atoms with Gasteiger partial charge in [-0.05, 0) is 30.2 Å². The molecule has 1 aromatic carbocycles. The summed E-state index contributed by atoms with van der Waals surface area (Å²) < 4.78 is 13.8. The van der Waals surface area contributed by atoms with E-state index in [2.05, 4.69) is 19.2 Å². The number of nitrogens with one attached hydrogen (secondary N) is 1. The van der Waals surface area contributed by atoms with Crippen molar-refractivity contribution in [2.75, 3.05) is 5.75 Å². The van der Waals surface area contributed by atoms with Crippen molar-refractivity contribution in [3.63, 3.8) is 0 Å². The molecule has 0 amide bonds. The molecule has 0 bridgehead atoms. The molecule has 0 aromatic heterocycles. The lowest BCUT2D eigenvalue weighted by Gasteiger charge is -2.51. The van der Waals surface area contributed by atoms with Crippen LogP contribution in [0.15, 0.2) is 23.1 Å². The van der Waals surface area contributed by atoms with E-state index in [0.29, 0.717) is 6.04 Å². The van der Waals surface area contributed by atoms with Crippen molar-refractivity contribution in [2.45, 2.75) is 49.8 Å². The lowest BCUT2D eigenvalue weighted by Crippen LogP contribution is -2.60. The zero-order valence-electron chi connectivity index (χ0n) is 11.3. The molecule has 0 spiro atoms. The van der Waals surface area contributed by atoms with Crippen LogP contribution < -0.4 is 5.32 Å². The van der Waals surface area contributed by atoms with E-state index in [-0.39, 0.29) is 23.4 Å². The Kier molecular flexibility index (Phi) is 3.36. The third kappa shape index (κ3) is 2.20. The summed E-state index contributed by atoms with van der Waals surface area (Å²) in [6, 6.07) is 5.86. The van der Waals surface area contributed by atoms with Crippen LogP contribution in [0.1, 0.15) is 38.3 Å². The van der Waals surface area contributed by atoms with Gasteiger partial charge in [-0.15, -0.1) is 11.8 Å². The zero-order chi connectivity index (χ0) is 13.6. The highest BCUT2D eigenvalue weighted by Crippen LogP contribution is 2.44. The highest BCUT2D eigenvalue weighted by atomic mass is 32.2. The molecule has 1 aliphatic carbocycles. The second-order valence-corrected chi connectivity index (χ2v) is 7.25. The fourth-order valence-electron chi connectivity index (χ4n) is 2.99. The third-order valence-electron chi connectivity index (χ3n) is 4.64. The van der Waals surface area contributed by atoms with Crippen LogP contribution in [-0.4, -0.2) is 23.0 Å². The number of aliphatic hydroxyl groups is 1. The first-order chi connectivity index (χ1) is 9.00. The predicted octanol–water partition coefficient (Wildman–Crippen LogP) is 3.11. The molecule has 1 heterocycles. The molecule has 1 aromatic rings. The Morgan fingerprint density at radius 2 is 2.21 bits per heavy atom. The lowest BCUT2D eigenvalue weighted by atomic mass is 9.64. The monoisotopic (exact) mass is 281 g/mol. The van der Waals surface area contributed by atoms with Crippen molar-refractivity contribution in [2.24, 2.45) is 5.41 Å². The van der Waals surface area contributed by atoms with Gasteiger partial charge < -0.3 is 10.4 Å². The largest absolute Gasteiger partial charge is 0.392 e. The average molecular weight is 281 g/mol. The number of rotatable bonds is 2. The quantitative estimate of drug-likeness (QED) is 0.873. The van der Waals surface area contributed by atoms with Crippen molar-refractivity contribution in [3.05, 3.63) is 29.6 Å². The van der Waals surface area contributed by atoms with Crippen molar-refractivity contribution in [3.8, 4) is 0 Å². The molecule has 0 radical (unpaired) electrons. The Morgan fingerprint density at radius 1 is 1.42 bits per heavy atom. The van der Waals surface area contributed by atoms with Crippen molar-refractivity contribution in [1.29, 1.82) is 0 Å². The van der Waals surface area contributed by atoms with E-state index >= 15 is 0 Å². The Balaban J connectivity index is 1.80. The highest BCUT2D eigenvalue weighted by Gasteiger charge is 2.48. The van der Waals surface area contributed by atoms with E-state index in [1.54, 1.807) is 17.8 Å². The van der Waals surface area contributed by atoms with Crippen LogP contribution in [0.3, 0.4) is 0 Å². The van der Waals surface area contributed by atoms with Gasteiger partial charge in [-0.3, -0.25) is 0 Å². The van der Waals surface area contributed by atoms with E-state index in [0.717, 1.165) is 29.1 Å². The summed E-state index contributed by atoms with van der Waals surface area (Å²) in [5.74, 6) is 0.836. The Hall–Kier alpha value is -0.580. The SMILES string of the molecule is CC1(C)C(O)CC1NC1CCSc2c(F)cccc21. The number of thioether (sulfide) groups is 1. The Bertz CT molecular complexity index is 491. The van der Waals surface area contributed by atoms with Gasteiger partial charge in [-0.2, -0.15) is 0 Å². The standard InChI is InChI=1S/C15H20FNOS/c1-15(2)12(8-13(15)18)17-11-6-7-19-14-9(11)4-3-5-10(14)16/h3-5,11-13,17-18H,6-8H2,1-2H3. The first-order valence-corrected chi connectivity index (χ1v) is 7.84. The number of fused-ring (bicyclic) bond motifs is 1. The van der Waals surface area contributed by atoms with Crippen LogP contribution in [0, 0.1) is 11.2 Å². The molecule has 4 heteroatoms. The van der Waals surface area contributed by atoms with Gasteiger partial charge >= 0.3 is 0 Å². The molecular formula is C15H20FNOS. The van der Waals surface area contributed by atoms with E-state index in [9.17, 15) is 9.50 Å². The average Bonchev–Trinajstić information content (AvgIpc) is 2.39. The fraction of sp³-hybridized carbons (Fsp3) is 0.600. The van der Waals surface area contributed by atoms with Crippen LogP contribution in [-0.2, 0) is 0 Å². The molecule has 19 heavy (non-hydrogen) atoms. The van der Waals surface area contributed by atoms with E-state index in [1.807, 2.05) is 6.07 Å². The second-order valence-electron chi connectivity index (χ2n) is 6.14. The summed E-state index contributed by atoms with van der Waals surface area (Å²) in [7, 11) is 0. The molecule has 2 aliphatic rings. The van der Waals surface area contributed by atoms with Gasteiger partial charge in [0.05, 0.1) is 6.10 Å². The van der Waals surface area contributed by atoms with Crippen LogP contribution in [0.5, 0.6) is 0 Å². The Labute approximate surface area is 117 Å². The van der Waals surface area contributed by atoms with Crippen LogP contribution in [0.25, 0.3) is 0 Å². The number of hydrogen-bond donors (Lipinski definition) is 2. The smallest absolute Gasteiger partial charge is 0.137 e. The maximum atomic E-state index is 13.8. The van der Waals surface area contributed by atoms with Gasteiger partial charge in [0.2, 0.25) is 0 Å². The summed E-state index contributed by atoms with van der Waals surface area (Å²) >= 11 is 1.61. The topological polar surface area (TPSA) is 32.3 Å². The lowest BCUT2D eigenvalue weighted by molar-refractivity contribution is -0.0763. The Morgan fingerprint density at radius 3 is 2.89 bits per heavy atom. The van der Waals surface area contributed by atoms with E-state index in [4.69, 9.17) is 0 Å². The number of halogens is 1. The van der Waals surface area contributed by atoms with E-state index < -0.39 is 0 Å². The molecule has 104 valence electrons. The summed E-state index contributed by atoms with van der Waals surface area (Å²) in [4.78, 5) is 0.795. The van der Waals surface area contributed by atoms with Crippen LogP contribution >= 0.6 is 11.8 Å². The van der Waals surface area contributed by atoms with Crippen LogP contribution in [0.4, 0.5) is 4.39 Å². The highest BCUT2D eigenvalue weighted by molar-refractivity contribution is 7.99. The van der Waals surface area contributed by atoms with Crippen molar-refractivity contribution >= 4 is 11.8 Å². The molecule has 2 nitrogen and oxygen atoms in total. The molecule has 2 N–H and O–H groups in total. The van der Waals surface area contributed by atoms with Gasteiger partial charge in [-0.25, -0.2) is 4.39 Å². The van der Waals surface area contributed by atoms with Gasteiger partial charge in [0.1, 0.15) is 5.82 Å². The summed E-state index contributed by atoms with van der Waals surface area (Å²) in [5.41, 5.74) is 0.992. The maximum Gasteiger partial charge on any atom is 0.137 e. The first kappa shape index (κ1) is 13.4. The second kappa shape index (κ2) is 4.76. The fourth-order valence-corrected chi connectivity index (χ4v) is 4.13. The molecule has 0 saturated heterocycles. The van der Waals surface area contributed by atoms with Crippen LogP contribution in [0.2, 0.25) is 0 Å². The van der Waals surface area contributed by atoms with Gasteiger partial charge in [0, 0.05) is 22.4 Å². The van der Waals surface area contributed by atoms with Gasteiger partial charge in [0.25, 0.3) is 0 Å². The van der Waals surface area contributed by atoms with Gasteiger partial charge in [-0.1, -0.05) is 26.0 Å². The summed E-state index contributed by atoms with van der Waals surface area (Å²) in [6.45, 7) is 4.17. The maximum absolute atomic E-state index is 13.8. The minimum absolute atomic E-state index is 0.0852. The minimum Gasteiger partial charge on any atom is -0.392 e. The molecule has 3 unspecified atom stereocenters. The zero-order valence-corrected chi connectivity index (χ0v) is 12.1. The minimum atomic E-state index is -0.227. The third-order valence-corrected chi connectivity index (χ3v) is 5.80. The summed E-state index contributed by atoms with van der Waals surface area (Å²) in [6.07, 6.45) is 1.58. The molecule has 3 atom stereocenters. The molecule has 3 rings (SSSR count). The molecule has 1 saturated carbocycles. The number of hydrogen-bond acceptors (Lipinski definition) is 3. The molecule has 1 fully saturated rings. The predicted molar refractivity (Wildman–Crippen MR) is 75.8 cm³/mol. The number of aliphatic hydroxyl groups excluding tert-OH is 1. The summed E-state index contributed by atoms with van der Waals surface area (Å²) in [5, 5.41) is 13.4. The van der Waals surface area contributed by atoms with Crippen molar-refractivity contribution < 1.29 is 9.50 Å². The van der Waals surface area contributed by atoms with Gasteiger partial charge in [0.15, 0.2) is 0 Å². The normalized spacial score (nSPS) is 32.5.